The number of aliphatic imine (C=N–C) groups is 1. The molecule has 1 aromatic carbocycles. The zero-order valence-corrected chi connectivity index (χ0v) is 14.7. The Hall–Kier alpha value is -1.46. The van der Waals surface area contributed by atoms with Crippen molar-refractivity contribution in [3.05, 3.63) is 33.8 Å². The predicted octanol–water partition coefficient (Wildman–Crippen LogP) is 2.77. The number of benzene rings is 1. The van der Waals surface area contributed by atoms with Crippen molar-refractivity contribution in [2.75, 3.05) is 26.2 Å². The Morgan fingerprint density at radius 2 is 2.04 bits per heavy atom. The van der Waals surface area contributed by atoms with Gasteiger partial charge in [0.2, 0.25) is 0 Å². The highest BCUT2D eigenvalue weighted by atomic mass is 35.5. The van der Waals surface area contributed by atoms with Crippen LogP contribution in [0.25, 0.3) is 0 Å². The third-order valence-electron chi connectivity index (χ3n) is 3.96. The van der Waals surface area contributed by atoms with Gasteiger partial charge in [0.05, 0.1) is 16.6 Å². The summed E-state index contributed by atoms with van der Waals surface area (Å²) in [7, 11) is 0. The summed E-state index contributed by atoms with van der Waals surface area (Å²) in [6.45, 7) is 5.02. The molecule has 126 valence electrons. The van der Waals surface area contributed by atoms with Gasteiger partial charge in [0.25, 0.3) is 5.91 Å². The number of guanidine groups is 1. The lowest BCUT2D eigenvalue weighted by Crippen LogP contribution is -2.42. The third kappa shape index (κ3) is 5.29. The molecular weight excluding hydrogens is 335 g/mol. The molecule has 1 aliphatic rings. The summed E-state index contributed by atoms with van der Waals surface area (Å²) < 4.78 is 0. The van der Waals surface area contributed by atoms with Crippen LogP contribution in [0.2, 0.25) is 10.0 Å². The Balaban J connectivity index is 1.76. The SMILES string of the molecule is CC1CCN(C(N)=NCCNC(=O)c2ccc(Cl)c(Cl)c2)CC1. The molecule has 0 saturated carbocycles. The summed E-state index contributed by atoms with van der Waals surface area (Å²) in [5, 5.41) is 3.58. The minimum Gasteiger partial charge on any atom is -0.370 e. The number of carbonyl (C=O) groups is 1. The molecule has 3 N–H and O–H groups in total. The zero-order valence-electron chi connectivity index (χ0n) is 13.2. The lowest BCUT2D eigenvalue weighted by Gasteiger charge is -2.31. The van der Waals surface area contributed by atoms with Gasteiger partial charge in [-0.3, -0.25) is 9.79 Å². The smallest absolute Gasteiger partial charge is 0.251 e. The van der Waals surface area contributed by atoms with E-state index in [1.165, 1.54) is 0 Å². The highest BCUT2D eigenvalue weighted by molar-refractivity contribution is 6.42. The molecule has 0 aliphatic carbocycles. The fourth-order valence-corrected chi connectivity index (χ4v) is 2.72. The maximum Gasteiger partial charge on any atom is 0.251 e. The lowest BCUT2D eigenvalue weighted by molar-refractivity contribution is 0.0955. The first-order chi connectivity index (χ1) is 11.0. The molecule has 1 aliphatic heterocycles. The van der Waals surface area contributed by atoms with Crippen molar-refractivity contribution in [3.63, 3.8) is 0 Å². The van der Waals surface area contributed by atoms with Gasteiger partial charge in [-0.05, 0) is 37.0 Å². The lowest BCUT2D eigenvalue weighted by atomic mass is 10.00. The van der Waals surface area contributed by atoms with Gasteiger partial charge in [-0.25, -0.2) is 0 Å². The number of likely N-dealkylation sites (tertiary alicyclic amines) is 1. The minimum atomic E-state index is -0.205. The molecule has 0 aromatic heterocycles. The van der Waals surface area contributed by atoms with Gasteiger partial charge in [-0.1, -0.05) is 30.1 Å². The van der Waals surface area contributed by atoms with Crippen LogP contribution in [-0.2, 0) is 0 Å². The molecule has 0 atom stereocenters. The van der Waals surface area contributed by atoms with Gasteiger partial charge in [0.1, 0.15) is 0 Å². The Morgan fingerprint density at radius 3 is 2.70 bits per heavy atom. The van der Waals surface area contributed by atoms with Crippen LogP contribution in [0.5, 0.6) is 0 Å². The highest BCUT2D eigenvalue weighted by Gasteiger charge is 2.16. The van der Waals surface area contributed by atoms with Crippen molar-refractivity contribution >= 4 is 35.1 Å². The molecule has 5 nitrogen and oxygen atoms in total. The van der Waals surface area contributed by atoms with Crippen molar-refractivity contribution in [2.24, 2.45) is 16.6 Å². The molecular formula is C16H22Cl2N4O. The number of amides is 1. The molecule has 1 aromatic rings. The van der Waals surface area contributed by atoms with E-state index in [1.54, 1.807) is 18.2 Å². The van der Waals surface area contributed by atoms with E-state index >= 15 is 0 Å². The molecule has 0 spiro atoms. The van der Waals surface area contributed by atoms with Crippen molar-refractivity contribution in [2.45, 2.75) is 19.8 Å². The molecule has 0 unspecified atom stereocenters. The molecule has 1 amide bonds. The topological polar surface area (TPSA) is 70.7 Å². The number of hydrogen-bond donors (Lipinski definition) is 2. The van der Waals surface area contributed by atoms with Gasteiger partial charge in [0, 0.05) is 25.2 Å². The van der Waals surface area contributed by atoms with E-state index < -0.39 is 0 Å². The van der Waals surface area contributed by atoms with Crippen molar-refractivity contribution in [1.82, 2.24) is 10.2 Å². The van der Waals surface area contributed by atoms with Gasteiger partial charge >= 0.3 is 0 Å². The monoisotopic (exact) mass is 356 g/mol. The van der Waals surface area contributed by atoms with Gasteiger partial charge in [0.15, 0.2) is 5.96 Å². The molecule has 1 saturated heterocycles. The van der Waals surface area contributed by atoms with E-state index in [4.69, 9.17) is 28.9 Å². The van der Waals surface area contributed by atoms with Crippen LogP contribution < -0.4 is 11.1 Å². The van der Waals surface area contributed by atoms with E-state index in [0.29, 0.717) is 34.7 Å². The standard InChI is InChI=1S/C16H22Cl2N4O/c1-11-4-8-22(9-5-11)16(19)21-7-6-20-15(23)12-2-3-13(17)14(18)10-12/h2-3,10-11H,4-9H2,1H3,(H2,19,21)(H,20,23). The van der Waals surface area contributed by atoms with E-state index in [0.717, 1.165) is 31.8 Å². The second kappa shape index (κ2) is 8.41. The molecule has 1 heterocycles. The molecule has 7 heteroatoms. The van der Waals surface area contributed by atoms with Crippen LogP contribution in [0.4, 0.5) is 0 Å². The second-order valence-electron chi connectivity index (χ2n) is 5.79. The number of nitrogens with zero attached hydrogens (tertiary/aromatic N) is 2. The number of rotatable bonds is 4. The molecule has 1 fully saturated rings. The summed E-state index contributed by atoms with van der Waals surface area (Å²) in [5.74, 6) is 1.11. The fourth-order valence-electron chi connectivity index (χ4n) is 2.42. The van der Waals surface area contributed by atoms with E-state index in [-0.39, 0.29) is 5.91 Å². The Bertz CT molecular complexity index is 583. The largest absolute Gasteiger partial charge is 0.370 e. The van der Waals surface area contributed by atoms with Crippen LogP contribution in [0, 0.1) is 5.92 Å². The number of hydrogen-bond acceptors (Lipinski definition) is 2. The summed E-state index contributed by atoms with van der Waals surface area (Å²) in [5.41, 5.74) is 6.46. The van der Waals surface area contributed by atoms with Gasteiger partial charge < -0.3 is 16.0 Å². The van der Waals surface area contributed by atoms with Crippen LogP contribution in [0.3, 0.4) is 0 Å². The quantitative estimate of drug-likeness (QED) is 0.495. The van der Waals surface area contributed by atoms with Gasteiger partial charge in [-0.15, -0.1) is 0 Å². The number of nitrogens with two attached hydrogens (primary N) is 1. The molecule has 2 rings (SSSR count). The number of nitrogens with one attached hydrogen (secondary N) is 1. The van der Waals surface area contributed by atoms with Crippen LogP contribution in [0.15, 0.2) is 23.2 Å². The number of halogens is 2. The maximum absolute atomic E-state index is 12.0. The molecule has 23 heavy (non-hydrogen) atoms. The Kier molecular flexibility index (Phi) is 6.54. The first kappa shape index (κ1) is 17.9. The number of carbonyl (C=O) groups excluding carboxylic acids is 1. The Morgan fingerprint density at radius 1 is 1.35 bits per heavy atom. The summed E-state index contributed by atoms with van der Waals surface area (Å²) in [4.78, 5) is 18.4. The highest BCUT2D eigenvalue weighted by Crippen LogP contribution is 2.22. The first-order valence-electron chi connectivity index (χ1n) is 7.75. The second-order valence-corrected chi connectivity index (χ2v) is 6.61. The van der Waals surface area contributed by atoms with Crippen molar-refractivity contribution in [1.29, 1.82) is 0 Å². The van der Waals surface area contributed by atoms with Crippen LogP contribution in [-0.4, -0.2) is 42.9 Å². The normalized spacial score (nSPS) is 16.5. The average molecular weight is 357 g/mol. The van der Waals surface area contributed by atoms with E-state index in [9.17, 15) is 4.79 Å². The zero-order chi connectivity index (χ0) is 16.8. The number of piperidine rings is 1. The summed E-state index contributed by atoms with van der Waals surface area (Å²) >= 11 is 11.7. The van der Waals surface area contributed by atoms with Crippen LogP contribution >= 0.6 is 23.2 Å². The average Bonchev–Trinajstić information content (AvgIpc) is 2.54. The maximum atomic E-state index is 12.0. The minimum absolute atomic E-state index is 0.205. The summed E-state index contributed by atoms with van der Waals surface area (Å²) in [6.07, 6.45) is 2.29. The Labute approximate surface area is 146 Å². The first-order valence-corrected chi connectivity index (χ1v) is 8.51. The van der Waals surface area contributed by atoms with Crippen molar-refractivity contribution < 1.29 is 4.79 Å². The molecule has 0 radical (unpaired) electrons. The summed E-state index contributed by atoms with van der Waals surface area (Å²) in [6, 6.07) is 4.79. The van der Waals surface area contributed by atoms with Crippen molar-refractivity contribution in [3.8, 4) is 0 Å². The predicted molar refractivity (Wildman–Crippen MR) is 95.3 cm³/mol. The van der Waals surface area contributed by atoms with Gasteiger partial charge in [-0.2, -0.15) is 0 Å². The third-order valence-corrected chi connectivity index (χ3v) is 4.70. The molecule has 0 bridgehead atoms. The fraction of sp³-hybridized carbons (Fsp3) is 0.500. The van der Waals surface area contributed by atoms with E-state index in [1.807, 2.05) is 0 Å². The van der Waals surface area contributed by atoms with Crippen LogP contribution in [0.1, 0.15) is 30.1 Å². The van der Waals surface area contributed by atoms with E-state index in [2.05, 4.69) is 22.1 Å².